The molecule has 3 aromatic rings. The van der Waals surface area contributed by atoms with E-state index in [0.29, 0.717) is 16.5 Å². The first-order valence-corrected chi connectivity index (χ1v) is 12.2. The number of non-ortho nitro benzene ring substituents is 1. The Balaban J connectivity index is 1.51. The number of nitro benzene ring substituents is 1. The molecule has 1 saturated heterocycles. The molecule has 0 aromatic heterocycles. The largest absolute Gasteiger partial charge is 0.487 e. The second-order valence-corrected chi connectivity index (χ2v) is 9.89. The molecular weight excluding hydrogens is 688 g/mol. The number of rotatable bonds is 6. The first kappa shape index (κ1) is 24.4. The van der Waals surface area contributed by atoms with Crippen molar-refractivity contribution in [2.75, 3.05) is 4.90 Å². The maximum absolute atomic E-state index is 12.8. The molecule has 1 fully saturated rings. The zero-order chi connectivity index (χ0) is 24.4. The first-order chi connectivity index (χ1) is 16.2. The van der Waals surface area contributed by atoms with Gasteiger partial charge in [0.15, 0.2) is 0 Å². The second-order valence-electron chi connectivity index (χ2n) is 7.13. The Morgan fingerprint density at radius 1 is 1.03 bits per heavy atom. The van der Waals surface area contributed by atoms with Crippen LogP contribution in [0.5, 0.6) is 5.75 Å². The Hall–Kier alpha value is -2.71. The molecule has 0 unspecified atom stereocenters. The highest BCUT2D eigenvalue weighted by Gasteiger charge is 2.34. The maximum atomic E-state index is 12.8. The molecule has 4 rings (SSSR count). The summed E-state index contributed by atoms with van der Waals surface area (Å²) in [6.07, 6.45) is 1.61. The summed E-state index contributed by atoms with van der Waals surface area (Å²) in [5.41, 5.74) is 2.12. The SMILES string of the molecule is O=C1N/C(=C/c2cc(I)c(OCc3ccc([N+](=O)[O-])cc3)c(I)c2)C(=O)N1c1ccc(Cl)cc1. The van der Waals surface area contributed by atoms with E-state index in [-0.39, 0.29) is 18.0 Å². The topological polar surface area (TPSA) is 102 Å². The summed E-state index contributed by atoms with van der Waals surface area (Å²) < 4.78 is 7.56. The normalized spacial score (nSPS) is 14.4. The molecule has 1 N–H and O–H groups in total. The van der Waals surface area contributed by atoms with E-state index in [1.807, 2.05) is 12.1 Å². The molecule has 3 aromatic carbocycles. The summed E-state index contributed by atoms with van der Waals surface area (Å²) in [4.78, 5) is 36.6. The van der Waals surface area contributed by atoms with Crippen LogP contribution in [0.1, 0.15) is 11.1 Å². The lowest BCUT2D eigenvalue weighted by Crippen LogP contribution is -2.30. The lowest BCUT2D eigenvalue weighted by atomic mass is 10.1. The van der Waals surface area contributed by atoms with Gasteiger partial charge in [-0.1, -0.05) is 11.6 Å². The first-order valence-electron chi connectivity index (χ1n) is 9.71. The number of carbonyl (C=O) groups excluding carboxylic acids is 2. The molecule has 172 valence electrons. The number of carbonyl (C=O) groups is 2. The van der Waals surface area contributed by atoms with Crippen LogP contribution in [-0.4, -0.2) is 16.9 Å². The van der Waals surface area contributed by atoms with E-state index >= 15 is 0 Å². The van der Waals surface area contributed by atoms with E-state index in [1.165, 1.54) is 12.1 Å². The van der Waals surface area contributed by atoms with E-state index in [0.717, 1.165) is 23.2 Å². The number of nitrogens with zero attached hydrogens (tertiary/aromatic N) is 2. The number of nitrogens with one attached hydrogen (secondary N) is 1. The van der Waals surface area contributed by atoms with E-state index in [9.17, 15) is 19.7 Å². The monoisotopic (exact) mass is 701 g/mol. The minimum atomic E-state index is -0.536. The predicted molar refractivity (Wildman–Crippen MR) is 145 cm³/mol. The lowest BCUT2D eigenvalue weighted by molar-refractivity contribution is -0.384. The highest BCUT2D eigenvalue weighted by atomic mass is 127. The van der Waals surface area contributed by atoms with Gasteiger partial charge in [0.1, 0.15) is 18.1 Å². The minimum absolute atomic E-state index is 0.0217. The number of hydrogen-bond donors (Lipinski definition) is 1. The van der Waals surface area contributed by atoms with Crippen molar-refractivity contribution >= 4 is 86.2 Å². The number of imide groups is 1. The average Bonchev–Trinajstić information content (AvgIpc) is 3.07. The van der Waals surface area contributed by atoms with Crippen molar-refractivity contribution in [3.63, 3.8) is 0 Å². The van der Waals surface area contributed by atoms with Crippen molar-refractivity contribution < 1.29 is 19.2 Å². The summed E-state index contributed by atoms with van der Waals surface area (Å²) >= 11 is 10.2. The fraction of sp³-hybridized carbons (Fsp3) is 0.0435. The number of hydrogen-bond acceptors (Lipinski definition) is 5. The number of anilines is 1. The summed E-state index contributed by atoms with van der Waals surface area (Å²) in [5.74, 6) is 0.196. The molecule has 1 aliphatic heterocycles. The van der Waals surface area contributed by atoms with Crippen LogP contribution in [-0.2, 0) is 11.4 Å². The van der Waals surface area contributed by atoms with Crippen LogP contribution in [0.3, 0.4) is 0 Å². The van der Waals surface area contributed by atoms with E-state index in [4.69, 9.17) is 16.3 Å². The van der Waals surface area contributed by atoms with Crippen LogP contribution in [0.15, 0.2) is 66.4 Å². The van der Waals surface area contributed by atoms with Gasteiger partial charge in [-0.2, -0.15) is 0 Å². The smallest absolute Gasteiger partial charge is 0.333 e. The third-order valence-corrected chi connectivity index (χ3v) is 6.68. The van der Waals surface area contributed by atoms with Crippen LogP contribution >= 0.6 is 56.8 Å². The molecule has 0 atom stereocenters. The lowest BCUT2D eigenvalue weighted by Gasteiger charge is -2.12. The van der Waals surface area contributed by atoms with Crippen LogP contribution in [0, 0.1) is 17.3 Å². The van der Waals surface area contributed by atoms with Crippen LogP contribution in [0.4, 0.5) is 16.2 Å². The van der Waals surface area contributed by atoms with E-state index < -0.39 is 16.9 Å². The van der Waals surface area contributed by atoms with Crippen molar-refractivity contribution in [3.8, 4) is 5.75 Å². The summed E-state index contributed by atoms with van der Waals surface area (Å²) in [6, 6.07) is 15.7. The molecule has 0 radical (unpaired) electrons. The highest BCUT2D eigenvalue weighted by Crippen LogP contribution is 2.31. The van der Waals surface area contributed by atoms with Crippen molar-refractivity contribution in [3.05, 3.63) is 99.8 Å². The molecule has 8 nitrogen and oxygen atoms in total. The number of ether oxygens (including phenoxy) is 1. The van der Waals surface area contributed by atoms with Gasteiger partial charge in [-0.25, -0.2) is 9.69 Å². The second kappa shape index (κ2) is 10.3. The van der Waals surface area contributed by atoms with Gasteiger partial charge in [0.25, 0.3) is 11.6 Å². The van der Waals surface area contributed by atoms with Crippen LogP contribution in [0.2, 0.25) is 5.02 Å². The van der Waals surface area contributed by atoms with Gasteiger partial charge in [-0.15, -0.1) is 0 Å². The fourth-order valence-corrected chi connectivity index (χ4v) is 5.45. The van der Waals surface area contributed by atoms with Gasteiger partial charge < -0.3 is 10.1 Å². The summed E-state index contributed by atoms with van der Waals surface area (Å²) in [6.45, 7) is 0.245. The van der Waals surface area contributed by atoms with Crippen molar-refractivity contribution in [2.45, 2.75) is 6.61 Å². The van der Waals surface area contributed by atoms with Crippen molar-refractivity contribution in [1.82, 2.24) is 5.32 Å². The molecule has 0 bridgehead atoms. The van der Waals surface area contributed by atoms with E-state index in [2.05, 4.69) is 50.5 Å². The van der Waals surface area contributed by atoms with Crippen LogP contribution < -0.4 is 15.0 Å². The number of benzene rings is 3. The van der Waals surface area contributed by atoms with Gasteiger partial charge >= 0.3 is 6.03 Å². The molecule has 0 saturated carbocycles. The van der Waals surface area contributed by atoms with Gasteiger partial charge in [0.05, 0.1) is 17.8 Å². The fourth-order valence-electron chi connectivity index (χ4n) is 3.20. The third kappa shape index (κ3) is 5.33. The Bertz CT molecular complexity index is 1300. The van der Waals surface area contributed by atoms with Crippen LogP contribution in [0.25, 0.3) is 6.08 Å². The number of urea groups is 1. The third-order valence-electron chi connectivity index (χ3n) is 4.82. The van der Waals surface area contributed by atoms with Gasteiger partial charge in [-0.05, 0) is 111 Å². The Morgan fingerprint density at radius 2 is 1.65 bits per heavy atom. The standard InChI is InChI=1S/C23H14ClI2N3O5/c24-15-3-7-16(8-4-15)28-22(30)20(27-23(28)31)11-14-9-18(25)21(19(26)10-14)34-12-13-1-5-17(6-2-13)29(32)33/h1-11H,12H2,(H,27,31)/b20-11+. The molecule has 34 heavy (non-hydrogen) atoms. The number of nitro groups is 1. The molecule has 1 heterocycles. The zero-order valence-electron chi connectivity index (χ0n) is 17.1. The molecule has 0 spiro atoms. The zero-order valence-corrected chi connectivity index (χ0v) is 22.2. The molecule has 1 aliphatic rings. The number of amides is 3. The molecule has 0 aliphatic carbocycles. The Kier molecular flexibility index (Phi) is 7.38. The Morgan fingerprint density at radius 3 is 2.24 bits per heavy atom. The average molecular weight is 702 g/mol. The number of halogens is 3. The predicted octanol–water partition coefficient (Wildman–Crippen LogP) is 6.13. The van der Waals surface area contributed by atoms with Gasteiger partial charge in [0.2, 0.25) is 0 Å². The van der Waals surface area contributed by atoms with Crippen molar-refractivity contribution in [1.29, 1.82) is 0 Å². The maximum Gasteiger partial charge on any atom is 0.333 e. The quantitative estimate of drug-likeness (QED) is 0.110. The van der Waals surface area contributed by atoms with Crippen molar-refractivity contribution in [2.24, 2.45) is 0 Å². The highest BCUT2D eigenvalue weighted by molar-refractivity contribution is 14.1. The van der Waals surface area contributed by atoms with Gasteiger partial charge in [-0.3, -0.25) is 14.9 Å². The Labute approximate surface area is 226 Å². The van der Waals surface area contributed by atoms with E-state index in [1.54, 1.807) is 42.5 Å². The van der Waals surface area contributed by atoms with Gasteiger partial charge in [0, 0.05) is 17.2 Å². The minimum Gasteiger partial charge on any atom is -0.487 e. The molecule has 11 heteroatoms. The molecular formula is C23H14ClI2N3O5. The summed E-state index contributed by atoms with van der Waals surface area (Å²) in [5, 5.41) is 13.9. The summed E-state index contributed by atoms with van der Waals surface area (Å²) in [7, 11) is 0. The molecule has 3 amide bonds.